The van der Waals surface area contributed by atoms with Gasteiger partial charge in [0, 0.05) is 38.4 Å². The van der Waals surface area contributed by atoms with E-state index in [4.69, 9.17) is 14.6 Å². The minimum Gasteiger partial charge on any atom is -0.483 e. The Hall–Kier alpha value is -3.01. The van der Waals surface area contributed by atoms with Gasteiger partial charge in [-0.2, -0.15) is 0 Å². The SMILES string of the molecule is COCCn1cnnc1CCNC(=O)c1ccc(=O)[nH]c1C(C)C.O=CO. The van der Waals surface area contributed by atoms with Gasteiger partial charge >= 0.3 is 0 Å². The lowest BCUT2D eigenvalue weighted by Gasteiger charge is -2.12. The second kappa shape index (κ2) is 11.6. The molecule has 2 aromatic heterocycles. The number of carbonyl (C=O) groups is 2. The smallest absolute Gasteiger partial charge is 0.290 e. The van der Waals surface area contributed by atoms with Crippen LogP contribution in [0.25, 0.3) is 0 Å². The highest BCUT2D eigenvalue weighted by atomic mass is 16.5. The minimum atomic E-state index is -0.250. The minimum absolute atomic E-state index is 0.0526. The summed E-state index contributed by atoms with van der Waals surface area (Å²) in [6.07, 6.45) is 2.21. The van der Waals surface area contributed by atoms with Crippen LogP contribution in [0.4, 0.5) is 0 Å². The first-order chi connectivity index (χ1) is 12.9. The molecule has 27 heavy (non-hydrogen) atoms. The molecule has 148 valence electrons. The van der Waals surface area contributed by atoms with E-state index in [2.05, 4.69) is 20.5 Å². The van der Waals surface area contributed by atoms with Gasteiger partial charge in [-0.15, -0.1) is 10.2 Å². The Bertz CT molecular complexity index is 784. The molecule has 0 aliphatic heterocycles. The largest absolute Gasteiger partial charge is 0.483 e. The first-order valence-corrected chi connectivity index (χ1v) is 8.39. The maximum absolute atomic E-state index is 12.4. The number of hydrogen-bond donors (Lipinski definition) is 3. The molecule has 10 nitrogen and oxygen atoms in total. The Labute approximate surface area is 156 Å². The highest BCUT2D eigenvalue weighted by molar-refractivity contribution is 5.95. The van der Waals surface area contributed by atoms with Crippen molar-refractivity contribution >= 4 is 12.4 Å². The number of aromatic nitrogens is 4. The maximum atomic E-state index is 12.4. The Balaban J connectivity index is 0.00000114. The summed E-state index contributed by atoms with van der Waals surface area (Å²) in [6, 6.07) is 2.92. The van der Waals surface area contributed by atoms with Crippen LogP contribution < -0.4 is 10.9 Å². The Kier molecular flexibility index (Phi) is 9.45. The van der Waals surface area contributed by atoms with Crippen LogP contribution >= 0.6 is 0 Å². The number of hydrogen-bond acceptors (Lipinski definition) is 6. The first-order valence-electron chi connectivity index (χ1n) is 8.39. The fourth-order valence-electron chi connectivity index (χ4n) is 2.38. The molecule has 2 heterocycles. The number of amides is 1. The van der Waals surface area contributed by atoms with E-state index in [-0.39, 0.29) is 23.9 Å². The van der Waals surface area contributed by atoms with Gasteiger partial charge in [-0.1, -0.05) is 13.8 Å². The van der Waals surface area contributed by atoms with Crippen molar-refractivity contribution in [3.05, 3.63) is 45.9 Å². The number of methoxy groups -OCH3 is 1. The normalized spacial score (nSPS) is 10.2. The highest BCUT2D eigenvalue weighted by Crippen LogP contribution is 2.14. The summed E-state index contributed by atoms with van der Waals surface area (Å²) < 4.78 is 6.94. The fraction of sp³-hybridized carbons (Fsp3) is 0.471. The molecular formula is C17H25N5O5. The Morgan fingerprint density at radius 3 is 2.78 bits per heavy atom. The van der Waals surface area contributed by atoms with Crippen molar-refractivity contribution in [2.45, 2.75) is 32.7 Å². The predicted molar refractivity (Wildman–Crippen MR) is 97.8 cm³/mol. The summed E-state index contributed by atoms with van der Waals surface area (Å²) in [4.78, 5) is 34.9. The average molecular weight is 379 g/mol. The summed E-state index contributed by atoms with van der Waals surface area (Å²) in [5, 5.41) is 17.7. The number of carboxylic acid groups (broad SMARTS) is 1. The molecule has 0 radical (unpaired) electrons. The highest BCUT2D eigenvalue weighted by Gasteiger charge is 2.15. The average Bonchev–Trinajstić information content (AvgIpc) is 3.07. The quantitative estimate of drug-likeness (QED) is 0.564. The molecule has 3 N–H and O–H groups in total. The van der Waals surface area contributed by atoms with Crippen LogP contribution in [0.2, 0.25) is 0 Å². The van der Waals surface area contributed by atoms with Gasteiger partial charge in [-0.3, -0.25) is 14.4 Å². The zero-order valence-corrected chi connectivity index (χ0v) is 15.6. The van der Waals surface area contributed by atoms with Gasteiger partial charge in [0.2, 0.25) is 5.56 Å². The third-order valence-electron chi connectivity index (χ3n) is 3.64. The number of pyridine rings is 1. The number of nitrogens with zero attached hydrogens (tertiary/aromatic N) is 3. The van der Waals surface area contributed by atoms with Crippen molar-refractivity contribution in [3.8, 4) is 0 Å². The first kappa shape index (κ1) is 22.0. The van der Waals surface area contributed by atoms with Crippen molar-refractivity contribution in [2.75, 3.05) is 20.3 Å². The molecule has 0 spiro atoms. The van der Waals surface area contributed by atoms with Gasteiger partial charge < -0.3 is 24.7 Å². The molecular weight excluding hydrogens is 354 g/mol. The van der Waals surface area contributed by atoms with Crippen molar-refractivity contribution in [2.24, 2.45) is 0 Å². The molecule has 0 saturated carbocycles. The van der Waals surface area contributed by atoms with E-state index in [0.717, 1.165) is 5.82 Å². The van der Waals surface area contributed by atoms with E-state index < -0.39 is 0 Å². The molecule has 2 rings (SSSR count). The van der Waals surface area contributed by atoms with Gasteiger partial charge in [-0.25, -0.2) is 0 Å². The lowest BCUT2D eigenvalue weighted by molar-refractivity contribution is -0.122. The molecule has 0 fully saturated rings. The third-order valence-corrected chi connectivity index (χ3v) is 3.64. The molecule has 0 atom stereocenters. The number of carbonyl (C=O) groups excluding carboxylic acids is 1. The topological polar surface area (TPSA) is 139 Å². The summed E-state index contributed by atoms with van der Waals surface area (Å²) in [5.74, 6) is 0.632. The van der Waals surface area contributed by atoms with Crippen molar-refractivity contribution < 1.29 is 19.4 Å². The molecule has 2 aromatic rings. The summed E-state index contributed by atoms with van der Waals surface area (Å²) >= 11 is 0. The monoisotopic (exact) mass is 379 g/mol. The molecule has 10 heteroatoms. The van der Waals surface area contributed by atoms with Gasteiger partial charge in [0.05, 0.1) is 12.2 Å². The number of H-pyrrole nitrogens is 1. The molecule has 0 aliphatic carbocycles. The van der Waals surface area contributed by atoms with Crippen LogP contribution in [0.5, 0.6) is 0 Å². The predicted octanol–water partition coefficient (Wildman–Crippen LogP) is 0.410. The van der Waals surface area contributed by atoms with Crippen LogP contribution in [0.1, 0.15) is 41.6 Å². The second-order valence-corrected chi connectivity index (χ2v) is 5.85. The van der Waals surface area contributed by atoms with Gasteiger partial charge in [0.1, 0.15) is 12.2 Å². The van der Waals surface area contributed by atoms with Crippen molar-refractivity contribution in [3.63, 3.8) is 0 Å². The standard InChI is InChI=1S/C16H23N5O3.CH2O2/c1-11(2)15-12(4-5-14(22)19-15)16(23)17-7-6-13-20-18-10-21(13)8-9-24-3;2-1-3/h4-5,10-11H,6-9H2,1-3H3,(H,17,23)(H,19,22);1H,(H,2,3). The molecule has 0 saturated heterocycles. The summed E-state index contributed by atoms with van der Waals surface area (Å²) in [7, 11) is 1.64. The van der Waals surface area contributed by atoms with Gasteiger partial charge in [-0.05, 0) is 12.0 Å². The molecule has 1 amide bonds. The zero-order valence-electron chi connectivity index (χ0n) is 15.6. The summed E-state index contributed by atoms with van der Waals surface area (Å²) in [6.45, 7) is 5.29. The maximum Gasteiger partial charge on any atom is 0.290 e. The molecule has 0 bridgehead atoms. The van der Waals surface area contributed by atoms with E-state index >= 15 is 0 Å². The third kappa shape index (κ3) is 7.02. The lowest BCUT2D eigenvalue weighted by Crippen LogP contribution is -2.29. The van der Waals surface area contributed by atoms with E-state index in [1.165, 1.54) is 6.07 Å². The van der Waals surface area contributed by atoms with Crippen LogP contribution in [0.15, 0.2) is 23.3 Å². The van der Waals surface area contributed by atoms with Crippen molar-refractivity contribution in [1.29, 1.82) is 0 Å². The Morgan fingerprint density at radius 1 is 1.44 bits per heavy atom. The molecule has 0 aliphatic rings. The Morgan fingerprint density at radius 2 is 2.15 bits per heavy atom. The fourth-order valence-corrected chi connectivity index (χ4v) is 2.38. The van der Waals surface area contributed by atoms with Crippen LogP contribution in [-0.4, -0.2) is 57.5 Å². The van der Waals surface area contributed by atoms with Crippen molar-refractivity contribution in [1.82, 2.24) is 25.1 Å². The van der Waals surface area contributed by atoms with E-state index in [1.807, 2.05) is 18.4 Å². The van der Waals surface area contributed by atoms with Gasteiger partial charge in [0.15, 0.2) is 0 Å². The van der Waals surface area contributed by atoms with Gasteiger partial charge in [0.25, 0.3) is 12.4 Å². The lowest BCUT2D eigenvalue weighted by atomic mass is 10.0. The van der Waals surface area contributed by atoms with E-state index in [1.54, 1.807) is 19.5 Å². The van der Waals surface area contributed by atoms with Crippen LogP contribution in [-0.2, 0) is 22.5 Å². The second-order valence-electron chi connectivity index (χ2n) is 5.85. The molecule has 0 aromatic carbocycles. The van der Waals surface area contributed by atoms with Crippen LogP contribution in [0.3, 0.4) is 0 Å². The molecule has 0 unspecified atom stereocenters. The number of nitrogens with one attached hydrogen (secondary N) is 2. The van der Waals surface area contributed by atoms with Crippen LogP contribution in [0, 0.1) is 0 Å². The number of aromatic amines is 1. The van der Waals surface area contributed by atoms with E-state index in [0.29, 0.717) is 37.4 Å². The zero-order chi connectivity index (χ0) is 20.2. The number of rotatable bonds is 8. The summed E-state index contributed by atoms with van der Waals surface area (Å²) in [5.41, 5.74) is 0.926. The van der Waals surface area contributed by atoms with E-state index in [9.17, 15) is 9.59 Å². The number of ether oxygens (including phenoxy) is 1.